The Labute approximate surface area is 206 Å². The van der Waals surface area contributed by atoms with E-state index in [4.69, 9.17) is 16.6 Å². The summed E-state index contributed by atoms with van der Waals surface area (Å²) in [4.78, 5) is 35.8. The highest BCUT2D eigenvalue weighted by Gasteiger charge is 2.34. The van der Waals surface area contributed by atoms with Crippen LogP contribution in [0.1, 0.15) is 57.5 Å². The van der Waals surface area contributed by atoms with Gasteiger partial charge < -0.3 is 4.90 Å². The van der Waals surface area contributed by atoms with E-state index in [2.05, 4.69) is 25.7 Å². The molecule has 2 aromatic carbocycles. The summed E-state index contributed by atoms with van der Waals surface area (Å²) in [6.45, 7) is 10.9. The molecule has 0 bridgehead atoms. The van der Waals surface area contributed by atoms with Crippen LogP contribution < -0.4 is 5.56 Å². The summed E-state index contributed by atoms with van der Waals surface area (Å²) in [5.41, 5.74) is 1.68. The number of nitrogens with zero attached hydrogens (tertiary/aromatic N) is 4. The fourth-order valence-electron chi connectivity index (χ4n) is 5.10. The number of carbonyl (C=O) groups excluding carboxylic acids is 1. The molecule has 0 radical (unpaired) electrons. The lowest BCUT2D eigenvalue weighted by atomic mass is 9.94. The van der Waals surface area contributed by atoms with Gasteiger partial charge >= 0.3 is 0 Å². The second-order valence-corrected chi connectivity index (χ2v) is 9.54. The van der Waals surface area contributed by atoms with E-state index >= 15 is 0 Å². The van der Waals surface area contributed by atoms with Crippen LogP contribution in [0.15, 0.2) is 53.3 Å². The van der Waals surface area contributed by atoms with Gasteiger partial charge in [-0.25, -0.2) is 4.98 Å². The largest absolute Gasteiger partial charge is 0.337 e. The molecule has 3 unspecified atom stereocenters. The van der Waals surface area contributed by atoms with Crippen molar-refractivity contribution in [3.8, 4) is 0 Å². The van der Waals surface area contributed by atoms with Crippen LogP contribution in [0, 0.1) is 0 Å². The molecular weight excluding hydrogens is 448 g/mol. The molecule has 2 heterocycles. The molecule has 0 N–H and O–H groups in total. The molecule has 3 atom stereocenters. The third-order valence-corrected chi connectivity index (χ3v) is 7.27. The van der Waals surface area contributed by atoms with Gasteiger partial charge in [0.15, 0.2) is 0 Å². The third kappa shape index (κ3) is 4.62. The smallest absolute Gasteiger partial charge is 0.261 e. The minimum absolute atomic E-state index is 0.0523. The van der Waals surface area contributed by atoms with Crippen LogP contribution in [0.25, 0.3) is 10.9 Å². The third-order valence-electron chi connectivity index (χ3n) is 7.03. The summed E-state index contributed by atoms with van der Waals surface area (Å²) in [7, 11) is 0. The maximum Gasteiger partial charge on any atom is 0.261 e. The number of halogens is 1. The van der Waals surface area contributed by atoms with Gasteiger partial charge in [0.1, 0.15) is 5.82 Å². The first-order chi connectivity index (χ1) is 16.3. The average Bonchev–Trinajstić information content (AvgIpc) is 2.84. The zero-order valence-corrected chi connectivity index (χ0v) is 21.1. The number of fused-ring (bicyclic) bond motifs is 1. The Morgan fingerprint density at radius 1 is 1.15 bits per heavy atom. The Hall–Kier alpha value is -2.70. The standard InChI is InChI=1S/C27H33ClN4O2/c1-5-22(20-10-8-7-9-11-20)26(33)32-15-14-30(17-18(32)3)19(4)25-29-24-13-12-21(28)16-23(24)27(34)31(25)6-2/h7-13,16,18-19,22H,5-6,14-15,17H2,1-4H3. The molecule has 6 nitrogen and oxygen atoms in total. The molecule has 180 valence electrons. The van der Waals surface area contributed by atoms with Gasteiger partial charge in [-0.15, -0.1) is 0 Å². The highest BCUT2D eigenvalue weighted by Crippen LogP contribution is 2.28. The average molecular weight is 481 g/mol. The monoisotopic (exact) mass is 480 g/mol. The molecule has 1 aliphatic rings. The Morgan fingerprint density at radius 3 is 2.53 bits per heavy atom. The molecular formula is C27H33ClN4O2. The number of benzene rings is 2. The predicted octanol–water partition coefficient (Wildman–Crippen LogP) is 4.86. The topological polar surface area (TPSA) is 58.4 Å². The molecule has 0 saturated carbocycles. The van der Waals surface area contributed by atoms with E-state index in [1.165, 1.54) is 0 Å². The summed E-state index contributed by atoms with van der Waals surface area (Å²) in [6.07, 6.45) is 0.778. The Morgan fingerprint density at radius 2 is 1.88 bits per heavy atom. The van der Waals surface area contributed by atoms with Gasteiger partial charge in [0, 0.05) is 37.2 Å². The van der Waals surface area contributed by atoms with Crippen LogP contribution in [-0.2, 0) is 11.3 Å². The van der Waals surface area contributed by atoms with E-state index in [0.29, 0.717) is 29.0 Å². The van der Waals surface area contributed by atoms with Gasteiger partial charge in [-0.1, -0.05) is 48.9 Å². The lowest BCUT2D eigenvalue weighted by molar-refractivity contribution is -0.138. The summed E-state index contributed by atoms with van der Waals surface area (Å²) in [5.74, 6) is 0.830. The number of aromatic nitrogens is 2. The van der Waals surface area contributed by atoms with Gasteiger partial charge in [-0.3, -0.25) is 19.1 Å². The van der Waals surface area contributed by atoms with Crippen molar-refractivity contribution < 1.29 is 4.79 Å². The molecule has 34 heavy (non-hydrogen) atoms. The molecule has 1 aromatic heterocycles. The first kappa shape index (κ1) is 24.4. The first-order valence-corrected chi connectivity index (χ1v) is 12.5. The Bertz CT molecular complexity index is 1230. The minimum Gasteiger partial charge on any atom is -0.337 e. The van der Waals surface area contributed by atoms with Crippen LogP contribution in [0.2, 0.25) is 5.02 Å². The van der Waals surface area contributed by atoms with E-state index in [9.17, 15) is 9.59 Å². The molecule has 3 aromatic rings. The lowest BCUT2D eigenvalue weighted by Gasteiger charge is -2.43. The van der Waals surface area contributed by atoms with Crippen LogP contribution in [0.5, 0.6) is 0 Å². The molecule has 1 saturated heterocycles. The Kier molecular flexibility index (Phi) is 7.39. The predicted molar refractivity (Wildman–Crippen MR) is 137 cm³/mol. The second kappa shape index (κ2) is 10.3. The van der Waals surface area contributed by atoms with Crippen molar-refractivity contribution in [2.45, 2.75) is 58.7 Å². The molecule has 7 heteroatoms. The fraction of sp³-hybridized carbons (Fsp3) is 0.444. The number of rotatable bonds is 6. The zero-order valence-electron chi connectivity index (χ0n) is 20.4. The molecule has 0 aliphatic carbocycles. The summed E-state index contributed by atoms with van der Waals surface area (Å²) < 4.78 is 1.74. The summed E-state index contributed by atoms with van der Waals surface area (Å²) in [5, 5.41) is 1.07. The van der Waals surface area contributed by atoms with Crippen molar-refractivity contribution >= 4 is 28.4 Å². The number of hydrogen-bond donors (Lipinski definition) is 0. The van der Waals surface area contributed by atoms with Crippen LogP contribution in [0.3, 0.4) is 0 Å². The lowest BCUT2D eigenvalue weighted by Crippen LogP contribution is -2.55. The number of carbonyl (C=O) groups is 1. The Balaban J connectivity index is 1.55. The van der Waals surface area contributed by atoms with Crippen molar-refractivity contribution in [2.75, 3.05) is 19.6 Å². The maximum absolute atomic E-state index is 13.4. The van der Waals surface area contributed by atoms with Crippen LogP contribution in [-0.4, -0.2) is 50.9 Å². The van der Waals surface area contributed by atoms with Crippen LogP contribution >= 0.6 is 11.6 Å². The van der Waals surface area contributed by atoms with Gasteiger partial charge in [0.05, 0.1) is 22.9 Å². The normalized spacial score (nSPS) is 18.7. The highest BCUT2D eigenvalue weighted by atomic mass is 35.5. The zero-order chi connectivity index (χ0) is 24.4. The van der Waals surface area contributed by atoms with Gasteiger partial charge in [0.25, 0.3) is 5.56 Å². The second-order valence-electron chi connectivity index (χ2n) is 9.10. The van der Waals surface area contributed by atoms with Crippen molar-refractivity contribution in [1.82, 2.24) is 19.4 Å². The van der Waals surface area contributed by atoms with E-state index < -0.39 is 0 Å². The van der Waals surface area contributed by atoms with E-state index in [1.54, 1.807) is 16.7 Å². The summed E-state index contributed by atoms with van der Waals surface area (Å²) in [6, 6.07) is 15.3. The quantitative estimate of drug-likeness (QED) is 0.505. The van der Waals surface area contributed by atoms with E-state index in [1.807, 2.05) is 48.2 Å². The minimum atomic E-state index is -0.119. The number of hydrogen-bond acceptors (Lipinski definition) is 4. The number of piperazine rings is 1. The first-order valence-electron chi connectivity index (χ1n) is 12.1. The SMILES string of the molecule is CCC(C(=O)N1CCN(C(C)c2nc3ccc(Cl)cc3c(=O)n2CC)CC1C)c1ccccc1. The van der Waals surface area contributed by atoms with Gasteiger partial charge in [0.2, 0.25) is 5.91 Å². The van der Waals surface area contributed by atoms with Crippen molar-refractivity contribution in [1.29, 1.82) is 0 Å². The van der Waals surface area contributed by atoms with E-state index in [-0.39, 0.29) is 29.5 Å². The molecule has 1 amide bonds. The maximum atomic E-state index is 13.4. The van der Waals surface area contributed by atoms with Crippen molar-refractivity contribution in [3.63, 3.8) is 0 Å². The van der Waals surface area contributed by atoms with Gasteiger partial charge in [-0.05, 0) is 51.0 Å². The fourth-order valence-corrected chi connectivity index (χ4v) is 5.27. The summed E-state index contributed by atoms with van der Waals surface area (Å²) >= 11 is 6.12. The van der Waals surface area contributed by atoms with Crippen molar-refractivity contribution in [3.05, 3.63) is 75.3 Å². The van der Waals surface area contributed by atoms with Gasteiger partial charge in [-0.2, -0.15) is 0 Å². The van der Waals surface area contributed by atoms with E-state index in [0.717, 1.165) is 30.9 Å². The highest BCUT2D eigenvalue weighted by molar-refractivity contribution is 6.31. The molecule has 4 rings (SSSR count). The number of amides is 1. The molecule has 1 fully saturated rings. The molecule has 1 aliphatic heterocycles. The van der Waals surface area contributed by atoms with Crippen molar-refractivity contribution in [2.24, 2.45) is 0 Å². The molecule has 0 spiro atoms. The van der Waals surface area contributed by atoms with Crippen LogP contribution in [0.4, 0.5) is 0 Å².